The minimum absolute atomic E-state index is 0.541. The number of hydrogen-bond acceptors (Lipinski definition) is 2. The molecule has 0 atom stereocenters. The smallest absolute Gasteiger partial charge is 0.137 e. The van der Waals surface area contributed by atoms with Crippen LogP contribution in [0, 0.1) is 11.3 Å². The molecule has 1 aromatic heterocycles. The van der Waals surface area contributed by atoms with E-state index in [2.05, 4.69) is 6.07 Å². The predicted molar refractivity (Wildman–Crippen MR) is 98.8 cm³/mol. The first kappa shape index (κ1) is 15.0. The van der Waals surface area contributed by atoms with Crippen LogP contribution in [-0.4, -0.2) is 4.57 Å². The largest absolute Gasteiger partial charge is 0.487 e. The van der Waals surface area contributed by atoms with Crippen LogP contribution >= 0.6 is 0 Å². The zero-order valence-electron chi connectivity index (χ0n) is 13.6. The van der Waals surface area contributed by atoms with Crippen LogP contribution in [0.15, 0.2) is 85.2 Å². The summed E-state index contributed by atoms with van der Waals surface area (Å²) >= 11 is 0. The van der Waals surface area contributed by atoms with E-state index < -0.39 is 0 Å². The van der Waals surface area contributed by atoms with Gasteiger partial charge in [-0.1, -0.05) is 54.6 Å². The summed E-state index contributed by atoms with van der Waals surface area (Å²) in [5, 5.41) is 11.3. The summed E-state index contributed by atoms with van der Waals surface area (Å²) in [6, 6.07) is 26.1. The summed E-state index contributed by atoms with van der Waals surface area (Å²) in [6.45, 7) is 0.541. The normalized spacial score (nSPS) is 10.5. The van der Waals surface area contributed by atoms with Crippen molar-refractivity contribution < 1.29 is 4.74 Å². The first-order valence-electron chi connectivity index (χ1n) is 8.12. The van der Waals surface area contributed by atoms with Gasteiger partial charge in [0.2, 0.25) is 0 Å². The summed E-state index contributed by atoms with van der Waals surface area (Å²) in [5.41, 5.74) is 2.86. The Hall–Kier alpha value is -3.51. The molecule has 0 aliphatic heterocycles. The van der Waals surface area contributed by atoms with Gasteiger partial charge in [0, 0.05) is 17.0 Å². The lowest BCUT2D eigenvalue weighted by Gasteiger charge is -2.09. The van der Waals surface area contributed by atoms with Crippen molar-refractivity contribution in [1.82, 2.24) is 4.57 Å². The SMILES string of the molecule is N#Cc1ccc(-n2ccc(OCc3ccccc3)c2)c2ccccc12. The number of fused-ring (bicyclic) bond motifs is 1. The molecule has 0 saturated carbocycles. The molecule has 0 amide bonds. The minimum atomic E-state index is 0.541. The second-order valence-electron chi connectivity index (χ2n) is 5.82. The third kappa shape index (κ3) is 2.98. The van der Waals surface area contributed by atoms with Crippen LogP contribution in [0.1, 0.15) is 11.1 Å². The third-order valence-corrected chi connectivity index (χ3v) is 4.21. The third-order valence-electron chi connectivity index (χ3n) is 4.21. The van der Waals surface area contributed by atoms with E-state index in [4.69, 9.17) is 4.74 Å². The number of nitrogens with zero attached hydrogens (tertiary/aromatic N) is 2. The van der Waals surface area contributed by atoms with Gasteiger partial charge in [-0.25, -0.2) is 0 Å². The van der Waals surface area contributed by atoms with Crippen LogP contribution < -0.4 is 4.74 Å². The van der Waals surface area contributed by atoms with E-state index in [1.54, 1.807) is 0 Å². The van der Waals surface area contributed by atoms with Crippen molar-refractivity contribution in [3.63, 3.8) is 0 Å². The second kappa shape index (κ2) is 6.54. The van der Waals surface area contributed by atoms with Gasteiger partial charge < -0.3 is 9.30 Å². The number of benzene rings is 3. The minimum Gasteiger partial charge on any atom is -0.487 e. The Kier molecular flexibility index (Phi) is 3.94. The van der Waals surface area contributed by atoms with Gasteiger partial charge in [-0.05, 0) is 23.8 Å². The fourth-order valence-electron chi connectivity index (χ4n) is 2.96. The zero-order valence-corrected chi connectivity index (χ0v) is 13.6. The molecule has 4 rings (SSSR count). The number of aromatic nitrogens is 1. The summed E-state index contributed by atoms with van der Waals surface area (Å²) in [5.74, 6) is 0.817. The van der Waals surface area contributed by atoms with E-state index >= 15 is 0 Å². The Morgan fingerprint density at radius 3 is 2.40 bits per heavy atom. The van der Waals surface area contributed by atoms with Crippen molar-refractivity contribution in [2.75, 3.05) is 0 Å². The van der Waals surface area contributed by atoms with Gasteiger partial charge in [0.25, 0.3) is 0 Å². The van der Waals surface area contributed by atoms with Gasteiger partial charge in [0.1, 0.15) is 12.4 Å². The van der Waals surface area contributed by atoms with Crippen molar-refractivity contribution in [2.45, 2.75) is 6.61 Å². The molecule has 0 radical (unpaired) electrons. The lowest BCUT2D eigenvalue weighted by molar-refractivity contribution is 0.306. The van der Waals surface area contributed by atoms with E-state index in [0.29, 0.717) is 12.2 Å². The molecule has 0 aliphatic carbocycles. The van der Waals surface area contributed by atoms with Gasteiger partial charge in [-0.15, -0.1) is 0 Å². The highest BCUT2D eigenvalue weighted by Crippen LogP contribution is 2.27. The van der Waals surface area contributed by atoms with Crippen LogP contribution in [0.5, 0.6) is 5.75 Å². The maximum absolute atomic E-state index is 9.30. The highest BCUT2D eigenvalue weighted by Gasteiger charge is 2.08. The molecule has 0 unspecified atom stereocenters. The summed E-state index contributed by atoms with van der Waals surface area (Å²) < 4.78 is 7.91. The van der Waals surface area contributed by atoms with E-state index in [1.807, 2.05) is 89.8 Å². The van der Waals surface area contributed by atoms with Gasteiger partial charge in [-0.3, -0.25) is 0 Å². The van der Waals surface area contributed by atoms with E-state index in [9.17, 15) is 5.26 Å². The molecule has 1 heterocycles. The average molecular weight is 324 g/mol. The van der Waals surface area contributed by atoms with Crippen molar-refractivity contribution in [3.8, 4) is 17.5 Å². The quantitative estimate of drug-likeness (QED) is 0.525. The van der Waals surface area contributed by atoms with Crippen LogP contribution in [-0.2, 0) is 6.61 Å². The van der Waals surface area contributed by atoms with Crippen molar-refractivity contribution in [1.29, 1.82) is 5.26 Å². The zero-order chi connectivity index (χ0) is 17.1. The number of rotatable bonds is 4. The Morgan fingerprint density at radius 2 is 1.60 bits per heavy atom. The molecule has 4 aromatic rings. The molecule has 120 valence electrons. The molecule has 3 nitrogen and oxygen atoms in total. The maximum atomic E-state index is 9.30. The van der Waals surface area contributed by atoms with Crippen LogP contribution in [0.3, 0.4) is 0 Å². The maximum Gasteiger partial charge on any atom is 0.137 e. The first-order chi connectivity index (χ1) is 12.3. The lowest BCUT2D eigenvalue weighted by atomic mass is 10.0. The summed E-state index contributed by atoms with van der Waals surface area (Å²) in [6.07, 6.45) is 3.95. The highest BCUT2D eigenvalue weighted by atomic mass is 16.5. The summed E-state index contributed by atoms with van der Waals surface area (Å²) in [7, 11) is 0. The standard InChI is InChI=1S/C22H16N2O/c23-14-18-10-11-22(21-9-5-4-8-20(18)21)24-13-12-19(15-24)25-16-17-6-2-1-3-7-17/h1-13,15H,16H2. The molecule has 0 bridgehead atoms. The Balaban J connectivity index is 1.64. The molecular formula is C22H16N2O. The lowest BCUT2D eigenvalue weighted by Crippen LogP contribution is -1.95. The topological polar surface area (TPSA) is 38.0 Å². The van der Waals surface area contributed by atoms with Crippen molar-refractivity contribution in [2.24, 2.45) is 0 Å². The average Bonchev–Trinajstić information content (AvgIpc) is 3.15. The molecule has 3 heteroatoms. The monoisotopic (exact) mass is 324 g/mol. The predicted octanol–water partition coefficient (Wildman–Crippen LogP) is 5.08. The number of nitriles is 1. The van der Waals surface area contributed by atoms with Gasteiger partial charge in [-0.2, -0.15) is 5.26 Å². The number of hydrogen-bond donors (Lipinski definition) is 0. The van der Waals surface area contributed by atoms with E-state index in [1.165, 1.54) is 0 Å². The van der Waals surface area contributed by atoms with Gasteiger partial charge >= 0.3 is 0 Å². The summed E-state index contributed by atoms with van der Waals surface area (Å²) in [4.78, 5) is 0. The molecule has 0 fully saturated rings. The second-order valence-corrected chi connectivity index (χ2v) is 5.82. The number of ether oxygens (including phenoxy) is 1. The van der Waals surface area contributed by atoms with Gasteiger partial charge in [0.05, 0.1) is 23.5 Å². The fraction of sp³-hybridized carbons (Fsp3) is 0.0455. The Morgan fingerprint density at radius 1 is 0.840 bits per heavy atom. The molecule has 0 spiro atoms. The van der Waals surface area contributed by atoms with Crippen LogP contribution in [0.4, 0.5) is 0 Å². The van der Waals surface area contributed by atoms with E-state index in [-0.39, 0.29) is 0 Å². The molecule has 0 saturated heterocycles. The Labute approximate surface area is 146 Å². The molecule has 3 aromatic carbocycles. The van der Waals surface area contributed by atoms with Crippen molar-refractivity contribution in [3.05, 3.63) is 96.3 Å². The van der Waals surface area contributed by atoms with E-state index in [0.717, 1.165) is 27.8 Å². The molecule has 0 N–H and O–H groups in total. The fourth-order valence-corrected chi connectivity index (χ4v) is 2.96. The van der Waals surface area contributed by atoms with Crippen LogP contribution in [0.25, 0.3) is 16.5 Å². The van der Waals surface area contributed by atoms with Crippen molar-refractivity contribution >= 4 is 10.8 Å². The first-order valence-corrected chi connectivity index (χ1v) is 8.12. The molecular weight excluding hydrogens is 308 g/mol. The Bertz CT molecular complexity index is 1060. The van der Waals surface area contributed by atoms with Gasteiger partial charge in [0.15, 0.2) is 0 Å². The highest BCUT2D eigenvalue weighted by molar-refractivity contribution is 5.94. The van der Waals surface area contributed by atoms with Crippen LogP contribution in [0.2, 0.25) is 0 Å². The molecule has 25 heavy (non-hydrogen) atoms. The molecule has 0 aliphatic rings.